The van der Waals surface area contributed by atoms with Gasteiger partial charge >= 0.3 is 0 Å². The second-order valence-electron chi connectivity index (χ2n) is 5.03. The molecular weight excluding hydrogens is 290 g/mol. The van der Waals surface area contributed by atoms with Crippen LogP contribution in [-0.4, -0.2) is 38.5 Å². The maximum absolute atomic E-state index is 11.8. The highest BCUT2D eigenvalue weighted by molar-refractivity contribution is 6.31. The Morgan fingerprint density at radius 2 is 1.90 bits per heavy atom. The first-order valence-electron chi connectivity index (χ1n) is 7.11. The molecule has 1 aromatic rings. The van der Waals surface area contributed by atoms with Crippen LogP contribution >= 0.6 is 11.6 Å². The first kappa shape index (κ1) is 17.5. The predicted octanol–water partition coefficient (Wildman–Crippen LogP) is -0.00290. The highest BCUT2D eigenvalue weighted by Crippen LogP contribution is 2.13. The third-order valence-electron chi connectivity index (χ3n) is 2.93. The van der Waals surface area contributed by atoms with Crippen molar-refractivity contribution in [3.63, 3.8) is 0 Å². The molecule has 6 heteroatoms. The summed E-state index contributed by atoms with van der Waals surface area (Å²) in [6, 6.07) is 7.58. The van der Waals surface area contributed by atoms with Gasteiger partial charge in [-0.2, -0.15) is 0 Å². The summed E-state index contributed by atoms with van der Waals surface area (Å²) in [5, 5.41) is 6.03. The molecule has 0 aliphatic rings. The number of likely N-dealkylation sites (N-methyl/N-ethyl adjacent to an activating group) is 1. The van der Waals surface area contributed by atoms with E-state index in [0.29, 0.717) is 24.7 Å². The van der Waals surface area contributed by atoms with Crippen molar-refractivity contribution in [1.82, 2.24) is 10.6 Å². The van der Waals surface area contributed by atoms with Crippen LogP contribution in [0.3, 0.4) is 0 Å². The number of nitrogens with one attached hydrogen (secondary N) is 3. The van der Waals surface area contributed by atoms with Gasteiger partial charge in [0.15, 0.2) is 6.54 Å². The number of halogens is 1. The zero-order chi connectivity index (χ0) is 15.7. The highest BCUT2D eigenvalue weighted by Gasteiger charge is 2.12. The van der Waals surface area contributed by atoms with E-state index in [9.17, 15) is 9.59 Å². The Bertz CT molecular complexity index is 480. The lowest BCUT2D eigenvalue weighted by atomic mass is 10.2. The van der Waals surface area contributed by atoms with Crippen LogP contribution in [0.2, 0.25) is 5.02 Å². The van der Waals surface area contributed by atoms with Gasteiger partial charge in [0.25, 0.3) is 5.91 Å². The molecule has 0 aliphatic carbocycles. The van der Waals surface area contributed by atoms with Crippen LogP contribution in [0, 0.1) is 0 Å². The highest BCUT2D eigenvalue weighted by atomic mass is 35.5. The number of amides is 2. The van der Waals surface area contributed by atoms with E-state index in [-0.39, 0.29) is 18.4 Å². The largest absolute Gasteiger partial charge is 0.355 e. The molecule has 116 valence electrons. The van der Waals surface area contributed by atoms with Crippen molar-refractivity contribution < 1.29 is 14.5 Å². The summed E-state index contributed by atoms with van der Waals surface area (Å²) in [7, 11) is 1.92. The van der Waals surface area contributed by atoms with Gasteiger partial charge in [-0.05, 0) is 12.5 Å². The van der Waals surface area contributed by atoms with Crippen LogP contribution in [-0.2, 0) is 16.1 Å². The van der Waals surface area contributed by atoms with E-state index in [1.165, 1.54) is 0 Å². The minimum atomic E-state index is -0.158. The van der Waals surface area contributed by atoms with Gasteiger partial charge in [-0.15, -0.1) is 0 Å². The molecule has 0 aromatic heterocycles. The number of carbonyl (C=O) groups excluding carboxylic acids is 2. The minimum absolute atomic E-state index is 0.0260. The van der Waals surface area contributed by atoms with Crippen molar-refractivity contribution in [3.05, 3.63) is 34.9 Å². The molecule has 2 amide bonds. The zero-order valence-electron chi connectivity index (χ0n) is 12.5. The van der Waals surface area contributed by atoms with Crippen molar-refractivity contribution in [2.24, 2.45) is 0 Å². The fraction of sp³-hybridized carbons (Fsp3) is 0.467. The number of hydrogen-bond acceptors (Lipinski definition) is 2. The van der Waals surface area contributed by atoms with Gasteiger partial charge in [0.2, 0.25) is 5.91 Å². The van der Waals surface area contributed by atoms with Crippen LogP contribution in [0.25, 0.3) is 0 Å². The van der Waals surface area contributed by atoms with Crippen molar-refractivity contribution in [2.45, 2.75) is 19.9 Å². The van der Waals surface area contributed by atoms with Crippen LogP contribution in [0.4, 0.5) is 0 Å². The van der Waals surface area contributed by atoms with E-state index in [1.807, 2.05) is 38.2 Å². The molecule has 1 unspecified atom stereocenters. The van der Waals surface area contributed by atoms with Crippen molar-refractivity contribution in [1.29, 1.82) is 0 Å². The normalized spacial score (nSPS) is 11.8. The SMILES string of the molecule is CCCNC(=O)CNC(=O)C[NH+](C)Cc1ccccc1Cl. The maximum Gasteiger partial charge on any atom is 0.275 e. The van der Waals surface area contributed by atoms with E-state index in [1.54, 1.807) is 0 Å². The molecule has 0 bridgehead atoms. The molecule has 0 spiro atoms. The molecule has 0 radical (unpaired) electrons. The van der Waals surface area contributed by atoms with Gasteiger partial charge < -0.3 is 15.5 Å². The molecule has 0 heterocycles. The third-order valence-corrected chi connectivity index (χ3v) is 3.30. The molecule has 1 aromatic carbocycles. The molecule has 0 aliphatic heterocycles. The number of quaternary nitrogens is 1. The second-order valence-corrected chi connectivity index (χ2v) is 5.44. The van der Waals surface area contributed by atoms with Crippen LogP contribution < -0.4 is 15.5 Å². The van der Waals surface area contributed by atoms with E-state index in [4.69, 9.17) is 11.6 Å². The summed E-state index contributed by atoms with van der Waals surface area (Å²) in [5.41, 5.74) is 1.00. The van der Waals surface area contributed by atoms with Crippen molar-refractivity contribution in [2.75, 3.05) is 26.7 Å². The van der Waals surface area contributed by atoms with Crippen molar-refractivity contribution in [3.8, 4) is 0 Å². The van der Waals surface area contributed by atoms with E-state index in [0.717, 1.165) is 16.9 Å². The molecule has 5 nitrogen and oxygen atoms in total. The van der Waals surface area contributed by atoms with E-state index < -0.39 is 0 Å². The standard InChI is InChI=1S/C15H22ClN3O2/c1-3-8-17-14(20)9-18-15(21)11-19(2)10-12-6-4-5-7-13(12)16/h4-7H,3,8-11H2,1-2H3,(H,17,20)(H,18,21)/p+1. The average Bonchev–Trinajstić information content (AvgIpc) is 2.45. The van der Waals surface area contributed by atoms with E-state index in [2.05, 4.69) is 10.6 Å². The van der Waals surface area contributed by atoms with Crippen LogP contribution in [0.15, 0.2) is 24.3 Å². The molecule has 0 saturated heterocycles. The Morgan fingerprint density at radius 1 is 1.19 bits per heavy atom. The van der Waals surface area contributed by atoms with Gasteiger partial charge in [-0.25, -0.2) is 0 Å². The summed E-state index contributed by atoms with van der Waals surface area (Å²) < 4.78 is 0. The number of benzene rings is 1. The summed E-state index contributed by atoms with van der Waals surface area (Å²) in [6.45, 7) is 3.60. The number of rotatable bonds is 8. The molecule has 0 saturated carbocycles. The fourth-order valence-electron chi connectivity index (χ4n) is 1.87. The number of hydrogen-bond donors (Lipinski definition) is 3. The van der Waals surface area contributed by atoms with Crippen molar-refractivity contribution >= 4 is 23.4 Å². The van der Waals surface area contributed by atoms with Crippen LogP contribution in [0.1, 0.15) is 18.9 Å². The summed E-state index contributed by atoms with van der Waals surface area (Å²) in [5.74, 6) is -0.305. The Morgan fingerprint density at radius 3 is 2.57 bits per heavy atom. The van der Waals surface area contributed by atoms with Gasteiger partial charge in [0.05, 0.1) is 13.6 Å². The average molecular weight is 313 g/mol. The lowest BCUT2D eigenvalue weighted by Gasteiger charge is -2.14. The Kier molecular flexibility index (Phi) is 7.79. The summed E-state index contributed by atoms with van der Waals surface area (Å²) >= 11 is 6.09. The Hall–Kier alpha value is -1.59. The Labute approximate surface area is 130 Å². The monoisotopic (exact) mass is 312 g/mol. The lowest BCUT2D eigenvalue weighted by molar-refractivity contribution is -0.885. The van der Waals surface area contributed by atoms with E-state index >= 15 is 0 Å². The van der Waals surface area contributed by atoms with Gasteiger partial charge in [-0.3, -0.25) is 9.59 Å². The first-order valence-corrected chi connectivity index (χ1v) is 7.48. The lowest BCUT2D eigenvalue weighted by Crippen LogP contribution is -3.08. The first-order chi connectivity index (χ1) is 10.0. The molecule has 1 rings (SSSR count). The topological polar surface area (TPSA) is 62.6 Å². The summed E-state index contributed by atoms with van der Waals surface area (Å²) in [4.78, 5) is 24.1. The second kappa shape index (κ2) is 9.37. The minimum Gasteiger partial charge on any atom is -0.355 e. The fourth-order valence-corrected chi connectivity index (χ4v) is 2.07. The summed E-state index contributed by atoms with van der Waals surface area (Å²) in [6.07, 6.45) is 0.879. The Balaban J connectivity index is 2.31. The maximum atomic E-state index is 11.8. The van der Waals surface area contributed by atoms with Crippen LogP contribution in [0.5, 0.6) is 0 Å². The number of carbonyl (C=O) groups is 2. The quantitative estimate of drug-likeness (QED) is 0.632. The van der Waals surface area contributed by atoms with Gasteiger partial charge in [0, 0.05) is 17.1 Å². The predicted molar refractivity (Wildman–Crippen MR) is 83.2 cm³/mol. The van der Waals surface area contributed by atoms with Gasteiger partial charge in [0.1, 0.15) is 6.54 Å². The third kappa shape index (κ3) is 7.11. The molecule has 3 N–H and O–H groups in total. The molecule has 1 atom stereocenters. The molecule has 21 heavy (non-hydrogen) atoms. The molecule has 0 fully saturated rings. The molecular formula is C15H23ClN3O2+. The smallest absolute Gasteiger partial charge is 0.275 e. The zero-order valence-corrected chi connectivity index (χ0v) is 13.3. The van der Waals surface area contributed by atoms with Gasteiger partial charge in [-0.1, -0.05) is 36.7 Å².